The highest BCUT2D eigenvalue weighted by atomic mass is 16.6. The maximum Gasteiger partial charge on any atom is 0.310 e. The molecule has 1 aliphatic rings. The number of carbonyl (C=O) groups excluding carboxylic acids is 3. The largest absolute Gasteiger partial charge is 0.459 e. The third kappa shape index (κ3) is 3.22. The van der Waals surface area contributed by atoms with Crippen LogP contribution in [-0.2, 0) is 28.6 Å². The lowest BCUT2D eigenvalue weighted by molar-refractivity contribution is -0.166. The molecule has 6 nitrogen and oxygen atoms in total. The van der Waals surface area contributed by atoms with Gasteiger partial charge < -0.3 is 14.2 Å². The van der Waals surface area contributed by atoms with Crippen molar-refractivity contribution in [3.8, 4) is 0 Å². The number of ether oxygens (including phenoxy) is 3. The van der Waals surface area contributed by atoms with Crippen molar-refractivity contribution in [3.63, 3.8) is 0 Å². The molecule has 0 aliphatic carbocycles. The van der Waals surface area contributed by atoms with Crippen LogP contribution in [0.2, 0.25) is 0 Å². The third-order valence-corrected chi connectivity index (χ3v) is 2.13. The molecule has 6 heteroatoms. The SMILES string of the molecule is CC(=O)O[C@H]1CC(=O)O[C@@H]1[C@@H](C)OC(C)=O. The van der Waals surface area contributed by atoms with Crippen molar-refractivity contribution in [2.75, 3.05) is 0 Å². The molecule has 16 heavy (non-hydrogen) atoms. The molecule has 1 rings (SSSR count). The van der Waals surface area contributed by atoms with Gasteiger partial charge >= 0.3 is 17.9 Å². The summed E-state index contributed by atoms with van der Waals surface area (Å²) in [7, 11) is 0. The van der Waals surface area contributed by atoms with E-state index in [1.165, 1.54) is 13.8 Å². The molecular formula is C10H14O6. The number of hydrogen-bond acceptors (Lipinski definition) is 6. The molecule has 0 unspecified atom stereocenters. The Hall–Kier alpha value is -1.59. The lowest BCUT2D eigenvalue weighted by Crippen LogP contribution is -2.37. The standard InChI is InChI=1S/C10H14O6/c1-5(14-6(2)11)10-8(15-7(3)12)4-9(13)16-10/h5,8,10H,4H2,1-3H3/t5-,8+,10-/m1/s1. The Balaban J connectivity index is 2.64. The summed E-state index contributed by atoms with van der Waals surface area (Å²) in [6.45, 7) is 4.09. The van der Waals surface area contributed by atoms with Gasteiger partial charge in [0, 0.05) is 13.8 Å². The van der Waals surface area contributed by atoms with Crippen LogP contribution < -0.4 is 0 Å². The van der Waals surface area contributed by atoms with Gasteiger partial charge in [-0.3, -0.25) is 14.4 Å². The second-order valence-electron chi connectivity index (χ2n) is 3.62. The Morgan fingerprint density at radius 3 is 2.50 bits per heavy atom. The first-order chi connectivity index (χ1) is 7.40. The smallest absolute Gasteiger partial charge is 0.310 e. The zero-order valence-corrected chi connectivity index (χ0v) is 9.39. The van der Waals surface area contributed by atoms with E-state index in [-0.39, 0.29) is 6.42 Å². The minimum Gasteiger partial charge on any atom is -0.459 e. The van der Waals surface area contributed by atoms with E-state index >= 15 is 0 Å². The van der Waals surface area contributed by atoms with Crippen LogP contribution in [0.5, 0.6) is 0 Å². The highest BCUT2D eigenvalue weighted by Crippen LogP contribution is 2.23. The number of hydrogen-bond donors (Lipinski definition) is 0. The summed E-state index contributed by atoms with van der Waals surface area (Å²) in [5.74, 6) is -1.43. The number of carbonyl (C=O) groups is 3. The van der Waals surface area contributed by atoms with Gasteiger partial charge in [0.15, 0.2) is 12.2 Å². The zero-order chi connectivity index (χ0) is 12.3. The van der Waals surface area contributed by atoms with Crippen LogP contribution in [0.25, 0.3) is 0 Å². The molecule has 1 fully saturated rings. The Labute approximate surface area is 92.8 Å². The summed E-state index contributed by atoms with van der Waals surface area (Å²) in [4.78, 5) is 32.6. The van der Waals surface area contributed by atoms with Gasteiger partial charge in [-0.2, -0.15) is 0 Å². The Kier molecular flexibility index (Phi) is 3.87. The molecule has 1 saturated heterocycles. The molecule has 90 valence electrons. The zero-order valence-electron chi connectivity index (χ0n) is 9.39. The lowest BCUT2D eigenvalue weighted by Gasteiger charge is -2.22. The summed E-state index contributed by atoms with van der Waals surface area (Å²) in [6.07, 6.45) is -2.04. The predicted octanol–water partition coefficient (Wildman–Crippen LogP) is 0.185. The first-order valence-corrected chi connectivity index (χ1v) is 4.94. The fourth-order valence-electron chi connectivity index (χ4n) is 1.61. The van der Waals surface area contributed by atoms with Crippen molar-refractivity contribution >= 4 is 17.9 Å². The molecule has 3 atom stereocenters. The molecule has 0 aromatic heterocycles. The third-order valence-electron chi connectivity index (χ3n) is 2.13. The van der Waals surface area contributed by atoms with Gasteiger partial charge in [-0.05, 0) is 6.92 Å². The minimum atomic E-state index is -0.722. The van der Waals surface area contributed by atoms with Crippen molar-refractivity contribution in [1.82, 2.24) is 0 Å². The molecule has 1 heterocycles. The first kappa shape index (κ1) is 12.5. The van der Waals surface area contributed by atoms with Crippen molar-refractivity contribution in [3.05, 3.63) is 0 Å². The van der Waals surface area contributed by atoms with Crippen molar-refractivity contribution in [1.29, 1.82) is 0 Å². The highest BCUT2D eigenvalue weighted by molar-refractivity contribution is 5.74. The monoisotopic (exact) mass is 230 g/mol. The maximum absolute atomic E-state index is 11.1. The molecule has 0 bridgehead atoms. The predicted molar refractivity (Wildman–Crippen MR) is 51.3 cm³/mol. The highest BCUT2D eigenvalue weighted by Gasteiger charge is 2.42. The fraction of sp³-hybridized carbons (Fsp3) is 0.700. The van der Waals surface area contributed by atoms with Crippen LogP contribution in [0, 0.1) is 0 Å². The van der Waals surface area contributed by atoms with Crippen LogP contribution in [0.1, 0.15) is 27.2 Å². The Morgan fingerprint density at radius 2 is 2.00 bits per heavy atom. The van der Waals surface area contributed by atoms with E-state index in [1.54, 1.807) is 6.92 Å². The van der Waals surface area contributed by atoms with E-state index in [2.05, 4.69) is 0 Å². The molecule has 0 radical (unpaired) electrons. The van der Waals surface area contributed by atoms with Crippen molar-refractivity contribution < 1.29 is 28.6 Å². The number of esters is 3. The van der Waals surface area contributed by atoms with Crippen LogP contribution in [0.4, 0.5) is 0 Å². The second-order valence-corrected chi connectivity index (χ2v) is 3.62. The first-order valence-electron chi connectivity index (χ1n) is 4.94. The van der Waals surface area contributed by atoms with Gasteiger partial charge in [-0.15, -0.1) is 0 Å². The van der Waals surface area contributed by atoms with Gasteiger partial charge in [0.2, 0.25) is 0 Å². The molecule has 1 aliphatic heterocycles. The van der Waals surface area contributed by atoms with E-state index in [0.29, 0.717) is 0 Å². The summed E-state index contributed by atoms with van der Waals surface area (Å²) >= 11 is 0. The summed E-state index contributed by atoms with van der Waals surface area (Å²) in [5.41, 5.74) is 0. The number of rotatable bonds is 3. The normalized spacial score (nSPS) is 25.8. The second kappa shape index (κ2) is 4.96. The van der Waals surface area contributed by atoms with Crippen molar-refractivity contribution in [2.24, 2.45) is 0 Å². The quantitative estimate of drug-likeness (QED) is 0.508. The van der Waals surface area contributed by atoms with Crippen LogP contribution in [0.15, 0.2) is 0 Å². The lowest BCUT2D eigenvalue weighted by atomic mass is 10.1. The van der Waals surface area contributed by atoms with E-state index in [0.717, 1.165) is 0 Å². The molecule has 0 aromatic carbocycles. The van der Waals surface area contributed by atoms with Crippen molar-refractivity contribution in [2.45, 2.75) is 45.5 Å². The Morgan fingerprint density at radius 1 is 1.38 bits per heavy atom. The van der Waals surface area contributed by atoms with E-state index in [9.17, 15) is 14.4 Å². The molecular weight excluding hydrogens is 216 g/mol. The van der Waals surface area contributed by atoms with Gasteiger partial charge in [-0.25, -0.2) is 0 Å². The van der Waals surface area contributed by atoms with E-state index in [4.69, 9.17) is 14.2 Å². The fourth-order valence-corrected chi connectivity index (χ4v) is 1.61. The van der Waals surface area contributed by atoms with Crippen LogP contribution in [-0.4, -0.2) is 36.2 Å². The van der Waals surface area contributed by atoms with Gasteiger partial charge in [0.1, 0.15) is 6.10 Å². The summed E-state index contributed by atoms with van der Waals surface area (Å²) in [5, 5.41) is 0. The molecule has 0 aromatic rings. The number of cyclic esters (lactones) is 1. The topological polar surface area (TPSA) is 78.9 Å². The molecule has 0 N–H and O–H groups in total. The Bertz CT molecular complexity index is 310. The minimum absolute atomic E-state index is 0.00412. The van der Waals surface area contributed by atoms with Gasteiger partial charge in [0.25, 0.3) is 0 Å². The van der Waals surface area contributed by atoms with Crippen LogP contribution in [0.3, 0.4) is 0 Å². The van der Waals surface area contributed by atoms with Gasteiger partial charge in [0.05, 0.1) is 6.42 Å². The van der Waals surface area contributed by atoms with Gasteiger partial charge in [-0.1, -0.05) is 0 Å². The maximum atomic E-state index is 11.1. The summed E-state index contributed by atoms with van der Waals surface area (Å²) in [6, 6.07) is 0. The molecule has 0 spiro atoms. The van der Waals surface area contributed by atoms with E-state index in [1.807, 2.05) is 0 Å². The molecule has 0 amide bonds. The van der Waals surface area contributed by atoms with E-state index < -0.39 is 36.2 Å². The summed E-state index contributed by atoms with van der Waals surface area (Å²) < 4.78 is 14.8. The average molecular weight is 230 g/mol. The van der Waals surface area contributed by atoms with Crippen LogP contribution >= 0.6 is 0 Å². The average Bonchev–Trinajstić information content (AvgIpc) is 2.44. The molecule has 0 saturated carbocycles.